The third-order valence-corrected chi connectivity index (χ3v) is 3.21. The Morgan fingerprint density at radius 2 is 2.15 bits per heavy atom. The van der Waals surface area contributed by atoms with Crippen molar-refractivity contribution in [2.45, 2.75) is 32.1 Å². The minimum Gasteiger partial charge on any atom is -0.396 e. The number of hydrogen-bond donors (Lipinski definition) is 2. The molecule has 0 bridgehead atoms. The van der Waals surface area contributed by atoms with Gasteiger partial charge in [-0.1, -0.05) is 12.5 Å². The van der Waals surface area contributed by atoms with Gasteiger partial charge in [-0.25, -0.2) is 0 Å². The summed E-state index contributed by atoms with van der Waals surface area (Å²) in [5.74, 6) is 0.490. The maximum Gasteiger partial charge on any atom is 0.0464 e. The van der Waals surface area contributed by atoms with Crippen LogP contribution in [0.1, 0.15) is 32.1 Å². The van der Waals surface area contributed by atoms with E-state index in [1.165, 1.54) is 0 Å². The van der Waals surface area contributed by atoms with Crippen LogP contribution in [-0.4, -0.2) is 23.4 Å². The molecule has 2 atom stereocenters. The topological polar surface area (TPSA) is 40.5 Å². The Bertz CT molecular complexity index is 167. The normalized spacial score (nSPS) is 31.7. The largest absolute Gasteiger partial charge is 0.396 e. The lowest BCUT2D eigenvalue weighted by molar-refractivity contribution is 0.236. The van der Waals surface area contributed by atoms with Crippen molar-refractivity contribution in [3.63, 3.8) is 0 Å². The highest BCUT2D eigenvalue weighted by Gasteiger charge is 2.51. The van der Waals surface area contributed by atoms with Gasteiger partial charge in [0.25, 0.3) is 0 Å². The Hall–Kier alpha value is -0.340. The van der Waals surface area contributed by atoms with E-state index in [1.54, 1.807) is 0 Å². The molecule has 13 heavy (non-hydrogen) atoms. The van der Waals surface area contributed by atoms with Crippen LogP contribution in [0, 0.1) is 11.3 Å². The van der Waals surface area contributed by atoms with E-state index in [4.69, 9.17) is 10.2 Å². The standard InChI is InChI=1S/C11H20O2/c1-2-5-11(6-3-4-7-12)8-10(11)9-13/h2,10,12-13H,1,3-9H2/t10-,11+/m0/s1. The van der Waals surface area contributed by atoms with Gasteiger partial charge in [0.05, 0.1) is 0 Å². The average molecular weight is 184 g/mol. The summed E-state index contributed by atoms with van der Waals surface area (Å²) in [7, 11) is 0. The maximum atomic E-state index is 9.04. The summed E-state index contributed by atoms with van der Waals surface area (Å²) in [5.41, 5.74) is 0.339. The molecule has 1 aliphatic rings. The van der Waals surface area contributed by atoms with Crippen LogP contribution in [0.4, 0.5) is 0 Å². The molecule has 0 amide bonds. The first kappa shape index (κ1) is 10.7. The van der Waals surface area contributed by atoms with Crippen molar-refractivity contribution >= 4 is 0 Å². The highest BCUT2D eigenvalue weighted by atomic mass is 16.3. The average Bonchev–Trinajstić information content (AvgIpc) is 2.80. The lowest BCUT2D eigenvalue weighted by Gasteiger charge is -2.13. The summed E-state index contributed by atoms with van der Waals surface area (Å²) in [6, 6.07) is 0. The van der Waals surface area contributed by atoms with Gasteiger partial charge in [0.1, 0.15) is 0 Å². The maximum absolute atomic E-state index is 9.04. The molecule has 0 aromatic heterocycles. The van der Waals surface area contributed by atoms with E-state index in [9.17, 15) is 0 Å². The van der Waals surface area contributed by atoms with Crippen molar-refractivity contribution in [1.29, 1.82) is 0 Å². The Labute approximate surface area is 80.3 Å². The minimum atomic E-state index is 0.286. The Morgan fingerprint density at radius 3 is 2.62 bits per heavy atom. The molecule has 0 saturated heterocycles. The van der Waals surface area contributed by atoms with Crippen molar-refractivity contribution in [3.8, 4) is 0 Å². The van der Waals surface area contributed by atoms with Crippen LogP contribution in [0.15, 0.2) is 12.7 Å². The highest BCUT2D eigenvalue weighted by Crippen LogP contribution is 2.58. The first-order valence-corrected chi connectivity index (χ1v) is 5.11. The number of hydrogen-bond acceptors (Lipinski definition) is 2. The number of rotatable bonds is 7. The van der Waals surface area contributed by atoms with Gasteiger partial charge in [-0.05, 0) is 37.0 Å². The van der Waals surface area contributed by atoms with Gasteiger partial charge in [0.15, 0.2) is 0 Å². The Balaban J connectivity index is 2.28. The quantitative estimate of drug-likeness (QED) is 0.467. The molecule has 0 aromatic rings. The second-order valence-electron chi connectivity index (χ2n) is 4.12. The minimum absolute atomic E-state index is 0.286. The third kappa shape index (κ3) is 2.55. The van der Waals surface area contributed by atoms with E-state index in [-0.39, 0.29) is 6.61 Å². The van der Waals surface area contributed by atoms with Crippen LogP contribution in [0.2, 0.25) is 0 Å². The SMILES string of the molecule is C=CC[C@@]1(CCCCO)C[C@H]1CO. The van der Waals surface area contributed by atoms with E-state index < -0.39 is 0 Å². The number of allylic oxidation sites excluding steroid dienone is 1. The molecular formula is C11H20O2. The van der Waals surface area contributed by atoms with Crippen LogP contribution in [-0.2, 0) is 0 Å². The lowest BCUT2D eigenvalue weighted by atomic mass is 9.92. The van der Waals surface area contributed by atoms with Crippen molar-refractivity contribution in [1.82, 2.24) is 0 Å². The second-order valence-corrected chi connectivity index (χ2v) is 4.12. The first-order valence-electron chi connectivity index (χ1n) is 5.11. The van der Waals surface area contributed by atoms with E-state index in [0.717, 1.165) is 32.1 Å². The molecule has 2 N–H and O–H groups in total. The molecule has 0 spiro atoms. The molecule has 76 valence electrons. The van der Waals surface area contributed by atoms with Crippen LogP contribution in [0.3, 0.4) is 0 Å². The van der Waals surface area contributed by atoms with E-state index in [0.29, 0.717) is 17.9 Å². The van der Waals surface area contributed by atoms with Gasteiger partial charge in [0, 0.05) is 13.2 Å². The summed E-state index contributed by atoms with van der Waals surface area (Å²) in [4.78, 5) is 0. The van der Waals surface area contributed by atoms with Gasteiger partial charge in [-0.2, -0.15) is 0 Å². The van der Waals surface area contributed by atoms with Crippen LogP contribution in [0.25, 0.3) is 0 Å². The van der Waals surface area contributed by atoms with Crippen LogP contribution in [0.5, 0.6) is 0 Å². The molecule has 0 heterocycles. The fraction of sp³-hybridized carbons (Fsp3) is 0.818. The molecule has 1 fully saturated rings. The lowest BCUT2D eigenvalue weighted by Crippen LogP contribution is -2.06. The first-order chi connectivity index (χ1) is 6.29. The molecule has 0 unspecified atom stereocenters. The van der Waals surface area contributed by atoms with Crippen molar-refractivity contribution in [2.24, 2.45) is 11.3 Å². The molecule has 0 radical (unpaired) electrons. The van der Waals surface area contributed by atoms with E-state index in [1.807, 2.05) is 6.08 Å². The fourth-order valence-corrected chi connectivity index (χ4v) is 2.22. The van der Waals surface area contributed by atoms with Gasteiger partial charge < -0.3 is 10.2 Å². The summed E-state index contributed by atoms with van der Waals surface area (Å²) in [5, 5.41) is 17.7. The zero-order valence-electron chi connectivity index (χ0n) is 8.21. The summed E-state index contributed by atoms with van der Waals surface area (Å²) in [6.45, 7) is 4.35. The van der Waals surface area contributed by atoms with Gasteiger partial charge >= 0.3 is 0 Å². The van der Waals surface area contributed by atoms with E-state index >= 15 is 0 Å². The molecule has 0 aromatic carbocycles. The molecule has 2 heteroatoms. The smallest absolute Gasteiger partial charge is 0.0464 e. The zero-order valence-corrected chi connectivity index (χ0v) is 8.21. The van der Waals surface area contributed by atoms with E-state index in [2.05, 4.69) is 6.58 Å². The molecule has 0 aliphatic heterocycles. The molecule has 2 nitrogen and oxygen atoms in total. The van der Waals surface area contributed by atoms with Crippen molar-refractivity contribution < 1.29 is 10.2 Å². The summed E-state index contributed by atoms with van der Waals surface area (Å²) >= 11 is 0. The molecule has 1 aliphatic carbocycles. The summed E-state index contributed by atoms with van der Waals surface area (Å²) in [6.07, 6.45) is 7.20. The Morgan fingerprint density at radius 1 is 1.38 bits per heavy atom. The molecule has 1 rings (SSSR count). The molecular weight excluding hydrogens is 164 g/mol. The van der Waals surface area contributed by atoms with Gasteiger partial charge in [-0.15, -0.1) is 6.58 Å². The second kappa shape index (κ2) is 4.77. The number of unbranched alkanes of at least 4 members (excludes halogenated alkanes) is 1. The van der Waals surface area contributed by atoms with Crippen molar-refractivity contribution in [2.75, 3.05) is 13.2 Å². The van der Waals surface area contributed by atoms with Gasteiger partial charge in [-0.3, -0.25) is 0 Å². The highest BCUT2D eigenvalue weighted by molar-refractivity contribution is 5.04. The van der Waals surface area contributed by atoms with Crippen LogP contribution < -0.4 is 0 Å². The number of aliphatic hydroxyl groups excluding tert-OH is 2. The monoisotopic (exact) mass is 184 g/mol. The third-order valence-electron chi connectivity index (χ3n) is 3.21. The predicted molar refractivity (Wildman–Crippen MR) is 53.4 cm³/mol. The number of aliphatic hydroxyl groups is 2. The van der Waals surface area contributed by atoms with Crippen LogP contribution >= 0.6 is 0 Å². The zero-order chi connectivity index (χ0) is 9.73. The summed E-state index contributed by atoms with van der Waals surface area (Å²) < 4.78 is 0. The Kier molecular flexibility index (Phi) is 3.94. The molecule has 1 saturated carbocycles. The predicted octanol–water partition coefficient (Wildman–Crippen LogP) is 1.72. The van der Waals surface area contributed by atoms with Crippen molar-refractivity contribution in [3.05, 3.63) is 12.7 Å². The van der Waals surface area contributed by atoms with Gasteiger partial charge in [0.2, 0.25) is 0 Å². The fourth-order valence-electron chi connectivity index (χ4n) is 2.22.